The lowest BCUT2D eigenvalue weighted by Crippen LogP contribution is -2.38. The number of hydrogen-bond acceptors (Lipinski definition) is 3. The van der Waals surface area contributed by atoms with Crippen LogP contribution in [0.4, 0.5) is 0 Å². The van der Waals surface area contributed by atoms with Crippen molar-refractivity contribution in [2.24, 2.45) is 0 Å². The Bertz CT molecular complexity index is 522. The fourth-order valence-corrected chi connectivity index (χ4v) is 3.08. The van der Waals surface area contributed by atoms with Crippen molar-refractivity contribution in [3.05, 3.63) is 29.3 Å². The van der Waals surface area contributed by atoms with Gasteiger partial charge in [-0.1, -0.05) is 12.1 Å². The Hall–Kier alpha value is -1.36. The van der Waals surface area contributed by atoms with E-state index < -0.39 is 21.5 Å². The molecule has 104 valence electrons. The predicted molar refractivity (Wildman–Crippen MR) is 74.1 cm³/mol. The first kappa shape index (κ1) is 14.1. The zero-order valence-electron chi connectivity index (χ0n) is 11.1. The maximum atomic E-state index is 12.0. The summed E-state index contributed by atoms with van der Waals surface area (Å²) in [4.78, 5) is 11.0. The summed E-state index contributed by atoms with van der Waals surface area (Å²) < 4.78 is 16.3. The van der Waals surface area contributed by atoms with Gasteiger partial charge in [-0.05, 0) is 37.5 Å². The standard InChI is InChI=1S/C14H18O4S/c1-14(2,13(15)16)19(17)8-6-10-3-4-12-11(9-10)5-7-18-12/h3-4,9H,5-8H2,1-2H3,(H,15,16). The number of carboxylic acids is 1. The highest BCUT2D eigenvalue weighted by Gasteiger charge is 2.33. The van der Waals surface area contributed by atoms with Gasteiger partial charge in [-0.15, -0.1) is 0 Å². The van der Waals surface area contributed by atoms with Crippen molar-refractivity contribution in [2.45, 2.75) is 31.4 Å². The molecule has 1 unspecified atom stereocenters. The van der Waals surface area contributed by atoms with Crippen LogP contribution in [0.1, 0.15) is 25.0 Å². The van der Waals surface area contributed by atoms with Gasteiger partial charge >= 0.3 is 5.97 Å². The van der Waals surface area contributed by atoms with Gasteiger partial charge in [0, 0.05) is 23.0 Å². The third-order valence-electron chi connectivity index (χ3n) is 3.41. The highest BCUT2D eigenvalue weighted by atomic mass is 32.2. The van der Waals surface area contributed by atoms with Crippen LogP contribution in [0, 0.1) is 0 Å². The second kappa shape index (κ2) is 5.33. The van der Waals surface area contributed by atoms with E-state index in [1.54, 1.807) is 0 Å². The van der Waals surface area contributed by atoms with Crippen LogP contribution >= 0.6 is 0 Å². The van der Waals surface area contributed by atoms with E-state index in [4.69, 9.17) is 9.84 Å². The Labute approximate surface area is 115 Å². The molecule has 1 aromatic carbocycles. The first-order chi connectivity index (χ1) is 8.91. The largest absolute Gasteiger partial charge is 0.493 e. The normalized spacial score (nSPS) is 15.7. The van der Waals surface area contributed by atoms with Crippen molar-refractivity contribution >= 4 is 16.8 Å². The predicted octanol–water partition coefficient (Wildman–Crippen LogP) is 1.78. The van der Waals surface area contributed by atoms with Crippen LogP contribution in [0.5, 0.6) is 5.75 Å². The molecular weight excluding hydrogens is 264 g/mol. The summed E-state index contributed by atoms with van der Waals surface area (Å²) in [5.41, 5.74) is 2.26. The number of carbonyl (C=O) groups is 1. The number of aliphatic carboxylic acids is 1. The van der Waals surface area contributed by atoms with E-state index in [0.29, 0.717) is 12.2 Å². The molecule has 1 heterocycles. The van der Waals surface area contributed by atoms with Crippen LogP contribution in [-0.4, -0.2) is 32.4 Å². The van der Waals surface area contributed by atoms with Gasteiger partial charge in [0.25, 0.3) is 0 Å². The monoisotopic (exact) mass is 282 g/mol. The molecule has 0 saturated heterocycles. The van der Waals surface area contributed by atoms with Gasteiger partial charge in [-0.3, -0.25) is 9.00 Å². The molecule has 1 N–H and O–H groups in total. The molecule has 0 aliphatic carbocycles. The molecule has 2 rings (SSSR count). The van der Waals surface area contributed by atoms with E-state index in [1.165, 1.54) is 19.4 Å². The Morgan fingerprint density at radius 2 is 2.21 bits per heavy atom. The van der Waals surface area contributed by atoms with E-state index in [2.05, 4.69) is 6.07 Å². The van der Waals surface area contributed by atoms with Crippen molar-refractivity contribution in [1.82, 2.24) is 0 Å². The molecule has 0 fully saturated rings. The van der Waals surface area contributed by atoms with Crippen molar-refractivity contribution in [2.75, 3.05) is 12.4 Å². The SMILES string of the molecule is CC(C)(C(=O)O)S(=O)CCc1ccc2c(c1)CCO2. The third kappa shape index (κ3) is 2.97. The zero-order chi connectivity index (χ0) is 14.0. The second-order valence-corrected chi connectivity index (χ2v) is 7.28. The molecule has 1 aromatic rings. The number of aryl methyl sites for hydroxylation is 1. The lowest BCUT2D eigenvalue weighted by molar-refractivity contribution is -0.139. The summed E-state index contributed by atoms with van der Waals surface area (Å²) in [6.45, 7) is 3.72. The fourth-order valence-electron chi connectivity index (χ4n) is 1.96. The molecule has 1 aliphatic heterocycles. The number of benzene rings is 1. The minimum absolute atomic E-state index is 0.360. The van der Waals surface area contributed by atoms with Gasteiger partial charge in [0.2, 0.25) is 0 Å². The average Bonchev–Trinajstić information content (AvgIpc) is 2.82. The molecule has 19 heavy (non-hydrogen) atoms. The minimum Gasteiger partial charge on any atom is -0.493 e. The quantitative estimate of drug-likeness (QED) is 0.894. The maximum absolute atomic E-state index is 12.0. The second-order valence-electron chi connectivity index (χ2n) is 5.16. The van der Waals surface area contributed by atoms with Crippen molar-refractivity contribution < 1.29 is 18.8 Å². The molecule has 0 aromatic heterocycles. The molecule has 0 spiro atoms. The maximum Gasteiger partial charge on any atom is 0.321 e. The number of carboxylic acid groups (broad SMARTS) is 1. The highest BCUT2D eigenvalue weighted by molar-refractivity contribution is 7.87. The van der Waals surface area contributed by atoms with E-state index in [1.807, 2.05) is 12.1 Å². The molecule has 5 heteroatoms. The van der Waals surface area contributed by atoms with Crippen LogP contribution < -0.4 is 4.74 Å². The molecule has 0 saturated carbocycles. The Kier molecular flexibility index (Phi) is 3.94. The topological polar surface area (TPSA) is 63.6 Å². The summed E-state index contributed by atoms with van der Waals surface area (Å²) in [7, 11) is -1.39. The molecule has 0 amide bonds. The van der Waals surface area contributed by atoms with Gasteiger partial charge < -0.3 is 9.84 Å². The van der Waals surface area contributed by atoms with E-state index >= 15 is 0 Å². The molecule has 1 aliphatic rings. The van der Waals surface area contributed by atoms with E-state index in [9.17, 15) is 9.00 Å². The van der Waals surface area contributed by atoms with Crippen molar-refractivity contribution in [1.29, 1.82) is 0 Å². The first-order valence-corrected chi connectivity index (χ1v) is 7.59. The van der Waals surface area contributed by atoms with Gasteiger partial charge in [-0.25, -0.2) is 0 Å². The number of ether oxygens (including phenoxy) is 1. The molecule has 0 radical (unpaired) electrons. The summed E-state index contributed by atoms with van der Waals surface area (Å²) in [6, 6.07) is 5.95. The summed E-state index contributed by atoms with van der Waals surface area (Å²) in [5.74, 6) is 0.266. The van der Waals surface area contributed by atoms with Crippen LogP contribution in [0.2, 0.25) is 0 Å². The Morgan fingerprint density at radius 1 is 1.47 bits per heavy atom. The van der Waals surface area contributed by atoms with Crippen LogP contribution in [0.15, 0.2) is 18.2 Å². The lowest BCUT2D eigenvalue weighted by Gasteiger charge is -2.18. The number of hydrogen-bond donors (Lipinski definition) is 1. The Morgan fingerprint density at radius 3 is 2.89 bits per heavy atom. The van der Waals surface area contributed by atoms with Crippen molar-refractivity contribution in [3.8, 4) is 5.75 Å². The molecule has 4 nitrogen and oxygen atoms in total. The third-order valence-corrected chi connectivity index (χ3v) is 5.30. The fraction of sp³-hybridized carbons (Fsp3) is 0.500. The lowest BCUT2D eigenvalue weighted by atomic mass is 10.1. The molecule has 1 atom stereocenters. The minimum atomic E-state index is -1.39. The number of fused-ring (bicyclic) bond motifs is 1. The highest BCUT2D eigenvalue weighted by Crippen LogP contribution is 2.26. The van der Waals surface area contributed by atoms with E-state index in [0.717, 1.165) is 24.3 Å². The van der Waals surface area contributed by atoms with Gasteiger partial charge in [0.1, 0.15) is 10.5 Å². The zero-order valence-corrected chi connectivity index (χ0v) is 12.0. The first-order valence-electron chi connectivity index (χ1n) is 6.28. The molecular formula is C14H18O4S. The number of rotatable bonds is 5. The summed E-state index contributed by atoms with van der Waals surface area (Å²) in [6.07, 6.45) is 1.53. The van der Waals surface area contributed by atoms with Gasteiger partial charge in [-0.2, -0.15) is 0 Å². The smallest absolute Gasteiger partial charge is 0.321 e. The molecule has 0 bridgehead atoms. The van der Waals surface area contributed by atoms with Crippen LogP contribution in [-0.2, 0) is 28.4 Å². The summed E-state index contributed by atoms with van der Waals surface area (Å²) >= 11 is 0. The van der Waals surface area contributed by atoms with Gasteiger partial charge in [0.15, 0.2) is 0 Å². The van der Waals surface area contributed by atoms with E-state index in [-0.39, 0.29) is 0 Å². The Balaban J connectivity index is 2.00. The van der Waals surface area contributed by atoms with Crippen molar-refractivity contribution in [3.63, 3.8) is 0 Å². The average molecular weight is 282 g/mol. The van der Waals surface area contributed by atoms with Crippen LogP contribution in [0.25, 0.3) is 0 Å². The van der Waals surface area contributed by atoms with Gasteiger partial charge in [0.05, 0.1) is 6.61 Å². The summed E-state index contributed by atoms with van der Waals surface area (Å²) in [5, 5.41) is 9.03. The van der Waals surface area contributed by atoms with Crippen LogP contribution in [0.3, 0.4) is 0 Å².